The van der Waals surface area contributed by atoms with E-state index in [4.69, 9.17) is 18.9 Å². The molecular weight excluding hydrogens is 590 g/mol. The second-order valence-corrected chi connectivity index (χ2v) is 9.33. The lowest BCUT2D eigenvalue weighted by Gasteiger charge is -2.26. The van der Waals surface area contributed by atoms with Crippen molar-refractivity contribution < 1.29 is 38.3 Å². The molecule has 0 spiro atoms. The number of non-ortho nitro benzene ring substituents is 1. The van der Waals surface area contributed by atoms with Gasteiger partial charge in [0.2, 0.25) is 6.79 Å². The minimum Gasteiger partial charge on any atom is -0.490 e. The van der Waals surface area contributed by atoms with Gasteiger partial charge in [0.25, 0.3) is 17.5 Å². The molecule has 2 aliphatic rings. The number of imide groups is 2. The third kappa shape index (κ3) is 5.31. The number of urea groups is 1. The predicted molar refractivity (Wildman–Crippen MR) is 144 cm³/mol. The van der Waals surface area contributed by atoms with E-state index in [1.807, 2.05) is 0 Å². The summed E-state index contributed by atoms with van der Waals surface area (Å²) in [7, 11) is 0. The molecule has 4 amide bonds. The molecule has 1 N–H and O–H groups in total. The van der Waals surface area contributed by atoms with Gasteiger partial charge in [-0.3, -0.25) is 25.0 Å². The van der Waals surface area contributed by atoms with E-state index in [0.29, 0.717) is 38.6 Å². The fraction of sp³-hybridized carbons (Fsp3) is 0.148. The van der Waals surface area contributed by atoms with Crippen LogP contribution >= 0.6 is 15.9 Å². The monoisotopic (exact) mass is 609 g/mol. The average Bonchev–Trinajstić information content (AvgIpc) is 3.39. The van der Waals surface area contributed by atoms with Crippen LogP contribution in [0, 0.1) is 10.1 Å². The highest BCUT2D eigenvalue weighted by Gasteiger charge is 2.37. The summed E-state index contributed by atoms with van der Waals surface area (Å²) in [5, 5.41) is 13.3. The molecule has 204 valence electrons. The van der Waals surface area contributed by atoms with Crippen molar-refractivity contribution in [2.24, 2.45) is 0 Å². The third-order valence-corrected chi connectivity index (χ3v) is 6.45. The molecule has 2 heterocycles. The summed E-state index contributed by atoms with van der Waals surface area (Å²) in [4.78, 5) is 50.0. The standard InChI is InChI=1S/C27H20BrN3O9/c1-2-37-23-11-16(10-20(28)24(23)38-13-15-4-3-5-18(8-15)31(35)36)9-19-25(32)29-27(34)30(26(19)33)17-6-7-21-22(12-17)40-14-39-21/h3-12H,2,13-14H2,1H3,(H,29,32,34)/b19-9+. The molecule has 0 aliphatic carbocycles. The normalized spacial score (nSPS) is 15.3. The molecule has 0 radical (unpaired) electrons. The lowest BCUT2D eigenvalue weighted by Crippen LogP contribution is -2.54. The number of carbonyl (C=O) groups excluding carboxylic acids is 3. The van der Waals surface area contributed by atoms with Gasteiger partial charge in [0, 0.05) is 18.2 Å². The summed E-state index contributed by atoms with van der Waals surface area (Å²) in [6.07, 6.45) is 1.34. The molecule has 3 aromatic carbocycles. The molecule has 13 heteroatoms. The van der Waals surface area contributed by atoms with Gasteiger partial charge in [-0.2, -0.15) is 0 Å². The zero-order valence-corrected chi connectivity index (χ0v) is 22.4. The predicted octanol–water partition coefficient (Wildman–Crippen LogP) is 4.73. The van der Waals surface area contributed by atoms with E-state index in [2.05, 4.69) is 21.2 Å². The minimum absolute atomic E-state index is 0.0184. The molecule has 1 fully saturated rings. The molecular formula is C27H20BrN3O9. The van der Waals surface area contributed by atoms with Crippen LogP contribution in [0.5, 0.6) is 23.0 Å². The summed E-state index contributed by atoms with van der Waals surface area (Å²) >= 11 is 3.44. The Balaban J connectivity index is 1.44. The van der Waals surface area contributed by atoms with E-state index in [9.17, 15) is 24.5 Å². The van der Waals surface area contributed by atoms with E-state index in [1.54, 1.807) is 37.3 Å². The van der Waals surface area contributed by atoms with Gasteiger partial charge >= 0.3 is 6.03 Å². The summed E-state index contributed by atoms with van der Waals surface area (Å²) in [5.41, 5.74) is 0.850. The van der Waals surface area contributed by atoms with Crippen LogP contribution < -0.4 is 29.2 Å². The smallest absolute Gasteiger partial charge is 0.335 e. The van der Waals surface area contributed by atoms with Crippen LogP contribution in [0.3, 0.4) is 0 Å². The number of benzene rings is 3. The fourth-order valence-electron chi connectivity index (χ4n) is 4.07. The number of nitro groups is 1. The van der Waals surface area contributed by atoms with Gasteiger partial charge in [-0.05, 0) is 64.3 Å². The first kappa shape index (κ1) is 26.7. The Hall–Kier alpha value is -4.91. The third-order valence-electron chi connectivity index (χ3n) is 5.86. The van der Waals surface area contributed by atoms with Crippen LogP contribution in [-0.4, -0.2) is 36.2 Å². The number of hydrogen-bond acceptors (Lipinski definition) is 9. The van der Waals surface area contributed by atoms with Gasteiger partial charge in [0.15, 0.2) is 23.0 Å². The maximum absolute atomic E-state index is 13.3. The summed E-state index contributed by atoms with van der Waals surface area (Å²) in [5.74, 6) is -0.207. The van der Waals surface area contributed by atoms with E-state index in [0.717, 1.165) is 4.90 Å². The minimum atomic E-state index is -0.896. The number of fused-ring (bicyclic) bond motifs is 1. The van der Waals surface area contributed by atoms with Gasteiger partial charge in [0.05, 0.1) is 21.7 Å². The lowest BCUT2D eigenvalue weighted by molar-refractivity contribution is -0.384. The number of rotatable bonds is 8. The van der Waals surface area contributed by atoms with Gasteiger partial charge in [-0.1, -0.05) is 12.1 Å². The lowest BCUT2D eigenvalue weighted by atomic mass is 10.1. The molecule has 0 unspecified atom stereocenters. The maximum atomic E-state index is 13.3. The summed E-state index contributed by atoms with van der Waals surface area (Å²) in [6.45, 7) is 2.10. The first-order chi connectivity index (χ1) is 19.2. The Morgan fingerprint density at radius 3 is 2.65 bits per heavy atom. The average molecular weight is 610 g/mol. The molecule has 12 nitrogen and oxygen atoms in total. The second kappa shape index (κ2) is 11.1. The highest BCUT2D eigenvalue weighted by molar-refractivity contribution is 9.10. The molecule has 5 rings (SSSR count). The first-order valence-electron chi connectivity index (χ1n) is 11.9. The number of anilines is 1. The Kier molecular flexibility index (Phi) is 7.38. The molecule has 40 heavy (non-hydrogen) atoms. The fourth-order valence-corrected chi connectivity index (χ4v) is 4.65. The first-order valence-corrected chi connectivity index (χ1v) is 12.7. The van der Waals surface area contributed by atoms with Crippen LogP contribution in [-0.2, 0) is 16.2 Å². The number of carbonyl (C=O) groups is 3. The van der Waals surface area contributed by atoms with E-state index < -0.39 is 22.8 Å². The zero-order valence-electron chi connectivity index (χ0n) is 20.8. The van der Waals surface area contributed by atoms with E-state index >= 15 is 0 Å². The molecule has 3 aromatic rings. The van der Waals surface area contributed by atoms with Crippen LogP contribution in [0.2, 0.25) is 0 Å². The molecule has 2 aliphatic heterocycles. The van der Waals surface area contributed by atoms with Gasteiger partial charge in [-0.25, -0.2) is 9.69 Å². The molecule has 0 atom stereocenters. The van der Waals surface area contributed by atoms with Crippen molar-refractivity contribution >= 4 is 51.2 Å². The van der Waals surface area contributed by atoms with Crippen molar-refractivity contribution in [3.05, 3.63) is 85.9 Å². The number of halogens is 1. The summed E-state index contributed by atoms with van der Waals surface area (Å²) < 4.78 is 22.7. The molecule has 1 saturated heterocycles. The molecule has 0 aromatic heterocycles. The highest BCUT2D eigenvalue weighted by atomic mass is 79.9. The van der Waals surface area contributed by atoms with Crippen LogP contribution in [0.1, 0.15) is 18.1 Å². The number of ether oxygens (including phenoxy) is 4. The van der Waals surface area contributed by atoms with Crippen molar-refractivity contribution in [1.82, 2.24) is 5.32 Å². The van der Waals surface area contributed by atoms with Crippen LogP contribution in [0.15, 0.2) is 64.6 Å². The topological polar surface area (TPSA) is 147 Å². The number of hydrogen-bond donors (Lipinski definition) is 1. The van der Waals surface area contributed by atoms with Gasteiger partial charge in [0.1, 0.15) is 12.2 Å². The largest absolute Gasteiger partial charge is 0.490 e. The van der Waals surface area contributed by atoms with Crippen LogP contribution in [0.4, 0.5) is 16.2 Å². The van der Waals surface area contributed by atoms with Crippen molar-refractivity contribution in [3.8, 4) is 23.0 Å². The number of nitrogens with one attached hydrogen (secondary N) is 1. The van der Waals surface area contributed by atoms with Gasteiger partial charge < -0.3 is 18.9 Å². The quantitative estimate of drug-likeness (QED) is 0.166. The van der Waals surface area contributed by atoms with Crippen molar-refractivity contribution in [2.75, 3.05) is 18.3 Å². The molecule has 0 saturated carbocycles. The van der Waals surface area contributed by atoms with Crippen molar-refractivity contribution in [2.45, 2.75) is 13.5 Å². The van der Waals surface area contributed by atoms with E-state index in [1.165, 1.54) is 30.3 Å². The zero-order chi connectivity index (χ0) is 28.4. The summed E-state index contributed by atoms with van der Waals surface area (Å²) in [6, 6.07) is 12.9. The van der Waals surface area contributed by atoms with Gasteiger partial charge in [-0.15, -0.1) is 0 Å². The van der Waals surface area contributed by atoms with Crippen molar-refractivity contribution in [3.63, 3.8) is 0 Å². The number of nitro benzene ring substituents is 1. The number of nitrogens with zero attached hydrogens (tertiary/aromatic N) is 2. The number of barbiturate groups is 1. The SMILES string of the molecule is CCOc1cc(/C=C2\C(=O)NC(=O)N(c3ccc4c(c3)OCO4)C2=O)cc(Br)c1OCc1cccc([N+](=O)[O-])c1. The van der Waals surface area contributed by atoms with Crippen molar-refractivity contribution in [1.29, 1.82) is 0 Å². The molecule has 0 bridgehead atoms. The van der Waals surface area contributed by atoms with Crippen LogP contribution in [0.25, 0.3) is 6.08 Å². The highest BCUT2D eigenvalue weighted by Crippen LogP contribution is 2.39. The van der Waals surface area contributed by atoms with E-state index in [-0.39, 0.29) is 37.0 Å². The Morgan fingerprint density at radius 1 is 1.07 bits per heavy atom. The Bertz CT molecular complexity index is 1590. The number of amides is 4. The Labute approximate surface area is 235 Å². The second-order valence-electron chi connectivity index (χ2n) is 8.47. The maximum Gasteiger partial charge on any atom is 0.335 e. The Morgan fingerprint density at radius 2 is 1.88 bits per heavy atom.